The lowest BCUT2D eigenvalue weighted by Gasteiger charge is -2.37. The minimum atomic E-state index is -0.140. The predicted molar refractivity (Wildman–Crippen MR) is 111 cm³/mol. The Bertz CT molecular complexity index is 502. The average Bonchev–Trinajstić information content (AvgIpc) is 3.12. The Morgan fingerprint density at radius 1 is 1.33 bits per heavy atom. The number of anilines is 1. The molecule has 0 amide bonds. The summed E-state index contributed by atoms with van der Waals surface area (Å²) < 4.78 is 4.64. The second-order valence-electron chi connectivity index (χ2n) is 5.43. The first-order valence-electron chi connectivity index (χ1n) is 8.05. The van der Waals surface area contributed by atoms with Gasteiger partial charge in [0.25, 0.3) is 0 Å². The maximum absolute atomic E-state index is 11.1. The summed E-state index contributed by atoms with van der Waals surface area (Å²) in [7, 11) is 3.25. The molecule has 0 bridgehead atoms. The molecule has 1 fully saturated rings. The van der Waals surface area contributed by atoms with E-state index < -0.39 is 0 Å². The number of carbonyl (C=O) groups is 1. The molecule has 2 heterocycles. The highest BCUT2D eigenvalue weighted by atomic mass is 127. The SMILES string of the molecule is CN=C(NCCCCC(=O)OC)N1CCN(c2cccs2)CC1.I. The van der Waals surface area contributed by atoms with Crippen molar-refractivity contribution >= 4 is 52.2 Å². The average molecular weight is 466 g/mol. The molecular weight excluding hydrogens is 439 g/mol. The molecule has 1 aliphatic rings. The molecule has 6 nitrogen and oxygen atoms in total. The van der Waals surface area contributed by atoms with Gasteiger partial charge in [0.2, 0.25) is 0 Å². The summed E-state index contributed by atoms with van der Waals surface area (Å²) in [6.07, 6.45) is 2.25. The molecule has 0 aromatic carbocycles. The third kappa shape index (κ3) is 6.46. The van der Waals surface area contributed by atoms with E-state index in [0.717, 1.165) is 51.5 Å². The van der Waals surface area contributed by atoms with Crippen molar-refractivity contribution in [2.75, 3.05) is 51.8 Å². The summed E-state index contributed by atoms with van der Waals surface area (Å²) in [5.74, 6) is 0.813. The Balaban J connectivity index is 0.00000288. The van der Waals surface area contributed by atoms with Gasteiger partial charge in [-0.1, -0.05) is 0 Å². The largest absolute Gasteiger partial charge is 0.469 e. The van der Waals surface area contributed by atoms with Gasteiger partial charge >= 0.3 is 5.97 Å². The Morgan fingerprint density at radius 3 is 2.67 bits per heavy atom. The molecule has 1 aromatic rings. The van der Waals surface area contributed by atoms with Crippen LogP contribution in [0, 0.1) is 0 Å². The Morgan fingerprint density at radius 2 is 2.08 bits per heavy atom. The zero-order valence-corrected chi connectivity index (χ0v) is 17.5. The second-order valence-corrected chi connectivity index (χ2v) is 6.36. The minimum absolute atomic E-state index is 0. The number of hydrogen-bond acceptors (Lipinski definition) is 5. The fraction of sp³-hybridized carbons (Fsp3) is 0.625. The van der Waals surface area contributed by atoms with Crippen molar-refractivity contribution in [2.45, 2.75) is 19.3 Å². The Kier molecular flexibility index (Phi) is 10.1. The molecule has 1 N–H and O–H groups in total. The van der Waals surface area contributed by atoms with Crippen LogP contribution in [0.2, 0.25) is 0 Å². The summed E-state index contributed by atoms with van der Waals surface area (Å²) >= 11 is 1.79. The maximum atomic E-state index is 11.1. The van der Waals surface area contributed by atoms with E-state index in [1.165, 1.54) is 12.1 Å². The van der Waals surface area contributed by atoms with E-state index in [-0.39, 0.29) is 29.9 Å². The lowest BCUT2D eigenvalue weighted by atomic mass is 10.2. The number of unbranched alkanes of at least 4 members (excludes halogenated alkanes) is 1. The van der Waals surface area contributed by atoms with Crippen LogP contribution in [0.1, 0.15) is 19.3 Å². The molecule has 1 aliphatic heterocycles. The van der Waals surface area contributed by atoms with Crippen molar-refractivity contribution in [2.24, 2.45) is 4.99 Å². The summed E-state index contributed by atoms with van der Waals surface area (Å²) in [6, 6.07) is 4.27. The molecule has 0 radical (unpaired) electrons. The number of ether oxygens (including phenoxy) is 1. The first-order valence-corrected chi connectivity index (χ1v) is 8.93. The predicted octanol–water partition coefficient (Wildman–Crippen LogP) is 2.41. The van der Waals surface area contributed by atoms with Crippen LogP contribution in [0.3, 0.4) is 0 Å². The lowest BCUT2D eigenvalue weighted by molar-refractivity contribution is -0.140. The van der Waals surface area contributed by atoms with E-state index in [4.69, 9.17) is 0 Å². The number of halogens is 1. The highest BCUT2D eigenvalue weighted by Gasteiger charge is 2.19. The maximum Gasteiger partial charge on any atom is 0.305 e. The molecule has 1 aromatic heterocycles. The van der Waals surface area contributed by atoms with Gasteiger partial charge in [-0.05, 0) is 30.4 Å². The van der Waals surface area contributed by atoms with Crippen LogP contribution in [0.15, 0.2) is 22.5 Å². The number of methoxy groups -OCH3 is 1. The minimum Gasteiger partial charge on any atom is -0.469 e. The first-order chi connectivity index (χ1) is 11.2. The molecule has 0 unspecified atom stereocenters. The monoisotopic (exact) mass is 466 g/mol. The van der Waals surface area contributed by atoms with Gasteiger partial charge in [0.1, 0.15) is 0 Å². The van der Waals surface area contributed by atoms with Gasteiger partial charge < -0.3 is 19.9 Å². The summed E-state index contributed by atoms with van der Waals surface area (Å²) in [5.41, 5.74) is 0. The van der Waals surface area contributed by atoms with Crippen LogP contribution >= 0.6 is 35.3 Å². The van der Waals surface area contributed by atoms with Crippen LogP contribution < -0.4 is 10.2 Å². The molecule has 0 saturated carbocycles. The smallest absolute Gasteiger partial charge is 0.305 e. The van der Waals surface area contributed by atoms with Crippen LogP contribution in [0.25, 0.3) is 0 Å². The number of carbonyl (C=O) groups excluding carboxylic acids is 1. The Labute approximate surface area is 165 Å². The second kappa shape index (κ2) is 11.5. The number of nitrogens with zero attached hydrogens (tertiary/aromatic N) is 3. The number of rotatable bonds is 6. The number of aliphatic imine (C=N–C) groups is 1. The molecule has 0 spiro atoms. The number of esters is 1. The van der Waals surface area contributed by atoms with Gasteiger partial charge in [-0.25, -0.2) is 0 Å². The van der Waals surface area contributed by atoms with Crippen molar-refractivity contribution in [3.63, 3.8) is 0 Å². The number of nitrogens with one attached hydrogen (secondary N) is 1. The van der Waals surface area contributed by atoms with Crippen LogP contribution in [-0.2, 0) is 9.53 Å². The van der Waals surface area contributed by atoms with Gasteiger partial charge in [0.05, 0.1) is 12.1 Å². The number of thiophene rings is 1. The highest BCUT2D eigenvalue weighted by molar-refractivity contribution is 14.0. The fourth-order valence-electron chi connectivity index (χ4n) is 2.62. The molecule has 0 atom stereocenters. The quantitative estimate of drug-likeness (QED) is 0.230. The molecule has 2 rings (SSSR count). The van der Waals surface area contributed by atoms with E-state index in [1.807, 2.05) is 7.05 Å². The van der Waals surface area contributed by atoms with E-state index in [0.29, 0.717) is 6.42 Å². The third-order valence-electron chi connectivity index (χ3n) is 3.93. The summed E-state index contributed by atoms with van der Waals surface area (Å²) in [5, 5.41) is 6.85. The van der Waals surface area contributed by atoms with Crippen molar-refractivity contribution in [1.29, 1.82) is 0 Å². The molecule has 8 heteroatoms. The number of piperazine rings is 1. The lowest BCUT2D eigenvalue weighted by Crippen LogP contribution is -2.52. The zero-order valence-electron chi connectivity index (χ0n) is 14.4. The van der Waals surface area contributed by atoms with Gasteiger partial charge in [0, 0.05) is 46.2 Å². The third-order valence-corrected chi connectivity index (χ3v) is 4.86. The topological polar surface area (TPSA) is 57.2 Å². The summed E-state index contributed by atoms with van der Waals surface area (Å²) in [4.78, 5) is 20.2. The van der Waals surface area contributed by atoms with Gasteiger partial charge in [-0.3, -0.25) is 9.79 Å². The van der Waals surface area contributed by atoms with Crippen LogP contribution in [0.4, 0.5) is 5.00 Å². The van der Waals surface area contributed by atoms with Gasteiger partial charge in [-0.2, -0.15) is 0 Å². The molecule has 1 saturated heterocycles. The molecule has 136 valence electrons. The van der Waals surface area contributed by atoms with Crippen LogP contribution in [0.5, 0.6) is 0 Å². The number of guanidine groups is 1. The zero-order chi connectivity index (χ0) is 16.5. The Hall–Kier alpha value is -1.03. The van der Waals surface area contributed by atoms with E-state index >= 15 is 0 Å². The summed E-state index contributed by atoms with van der Waals surface area (Å²) in [6.45, 7) is 4.81. The number of hydrogen-bond donors (Lipinski definition) is 1. The van der Waals surface area contributed by atoms with Crippen molar-refractivity contribution in [3.05, 3.63) is 17.5 Å². The van der Waals surface area contributed by atoms with Crippen molar-refractivity contribution < 1.29 is 9.53 Å². The molecule has 0 aliphatic carbocycles. The highest BCUT2D eigenvalue weighted by Crippen LogP contribution is 2.22. The molecular formula is C16H27IN4O2S. The van der Waals surface area contributed by atoms with Crippen molar-refractivity contribution in [1.82, 2.24) is 10.2 Å². The van der Waals surface area contributed by atoms with Gasteiger partial charge in [0.15, 0.2) is 5.96 Å². The van der Waals surface area contributed by atoms with E-state index in [2.05, 4.69) is 42.4 Å². The van der Waals surface area contributed by atoms with E-state index in [9.17, 15) is 4.79 Å². The van der Waals surface area contributed by atoms with Crippen molar-refractivity contribution in [3.8, 4) is 0 Å². The van der Waals surface area contributed by atoms with Crippen LogP contribution in [-0.4, -0.2) is 63.7 Å². The van der Waals surface area contributed by atoms with E-state index in [1.54, 1.807) is 11.3 Å². The normalized spacial score (nSPS) is 15.0. The van der Waals surface area contributed by atoms with Gasteiger partial charge in [-0.15, -0.1) is 35.3 Å². The standard InChI is InChI=1S/C16H26N4O2S.HI/c1-17-16(18-8-4-3-7-15(21)22-2)20-11-9-19(10-12-20)14-6-5-13-23-14;/h5-6,13H,3-4,7-12H2,1-2H3,(H,17,18);1H. The fourth-order valence-corrected chi connectivity index (χ4v) is 3.40. The molecule has 24 heavy (non-hydrogen) atoms. The first kappa shape index (κ1) is 21.0.